The Morgan fingerprint density at radius 2 is 1.24 bits per heavy atom. The van der Waals surface area contributed by atoms with Crippen LogP contribution in [-0.2, 0) is 0 Å². The highest BCUT2D eigenvalue weighted by atomic mass is 32.2. The van der Waals surface area contributed by atoms with Crippen molar-refractivity contribution < 1.29 is 0 Å². The molecule has 0 radical (unpaired) electrons. The second-order valence-corrected chi connectivity index (χ2v) is 13.7. The number of rotatable bonds is 3. The molecule has 0 bridgehead atoms. The maximum Gasteiger partial charge on any atom is 0.160 e. The summed E-state index contributed by atoms with van der Waals surface area (Å²) < 4.78 is 4.90. The minimum Gasteiger partial charge on any atom is -0.295 e. The van der Waals surface area contributed by atoms with E-state index in [2.05, 4.69) is 167 Å². The van der Waals surface area contributed by atoms with Crippen LogP contribution < -0.4 is 0 Å². The molecule has 0 N–H and O–H groups in total. The molecule has 4 heterocycles. The summed E-state index contributed by atoms with van der Waals surface area (Å²) in [7, 11) is 0. The van der Waals surface area contributed by atoms with Crippen molar-refractivity contribution in [3.63, 3.8) is 0 Å². The lowest BCUT2D eigenvalue weighted by molar-refractivity contribution is 1.03. The molecule has 0 unspecified atom stereocenters. The smallest absolute Gasteiger partial charge is 0.160 e. The monoisotopic (exact) mass is 642 g/mol. The molecule has 3 aromatic heterocycles. The predicted molar refractivity (Wildman–Crippen MR) is 203 cm³/mol. The lowest BCUT2D eigenvalue weighted by atomic mass is 10.0. The molecule has 10 aromatic rings. The number of nitrogens with zero attached hydrogens (tertiary/aromatic N) is 4. The number of aromatic nitrogens is 4. The van der Waals surface area contributed by atoms with Gasteiger partial charge in [0.1, 0.15) is 5.65 Å². The lowest BCUT2D eigenvalue weighted by Gasteiger charge is -2.21. The molecular formula is C44H26N4S. The van der Waals surface area contributed by atoms with Gasteiger partial charge in [0, 0.05) is 48.2 Å². The van der Waals surface area contributed by atoms with Gasteiger partial charge < -0.3 is 0 Å². The third kappa shape index (κ3) is 3.88. The van der Waals surface area contributed by atoms with Crippen LogP contribution in [0.25, 0.3) is 88.5 Å². The van der Waals surface area contributed by atoms with Gasteiger partial charge >= 0.3 is 0 Å². The fraction of sp³-hybridized carbons (Fsp3) is 0. The fourth-order valence-corrected chi connectivity index (χ4v) is 8.83. The van der Waals surface area contributed by atoms with E-state index in [9.17, 15) is 0 Å². The van der Waals surface area contributed by atoms with Crippen LogP contribution >= 0.6 is 11.8 Å². The van der Waals surface area contributed by atoms with Gasteiger partial charge in [-0.15, -0.1) is 0 Å². The number of benzene rings is 7. The molecule has 0 atom stereocenters. The summed E-state index contributed by atoms with van der Waals surface area (Å²) >= 11 is 1.85. The highest BCUT2D eigenvalue weighted by molar-refractivity contribution is 7.99. The maximum atomic E-state index is 5.29. The van der Waals surface area contributed by atoms with Gasteiger partial charge in [0.2, 0.25) is 0 Å². The average Bonchev–Trinajstić information content (AvgIpc) is 3.68. The average molecular weight is 643 g/mol. The minimum atomic E-state index is 0.710. The summed E-state index contributed by atoms with van der Waals surface area (Å²) in [5, 5.41) is 7.25. The molecule has 49 heavy (non-hydrogen) atoms. The van der Waals surface area contributed by atoms with Gasteiger partial charge in [-0.1, -0.05) is 121 Å². The van der Waals surface area contributed by atoms with E-state index >= 15 is 0 Å². The Morgan fingerprint density at radius 3 is 2.20 bits per heavy atom. The van der Waals surface area contributed by atoms with Crippen molar-refractivity contribution in [3.05, 3.63) is 158 Å². The normalized spacial score (nSPS) is 12.4. The molecule has 0 spiro atoms. The molecule has 1 aliphatic heterocycles. The molecule has 7 aromatic carbocycles. The van der Waals surface area contributed by atoms with Gasteiger partial charge in [-0.2, -0.15) is 0 Å². The van der Waals surface area contributed by atoms with Crippen molar-refractivity contribution >= 4 is 66.3 Å². The van der Waals surface area contributed by atoms with Gasteiger partial charge in [0.15, 0.2) is 5.82 Å². The summed E-state index contributed by atoms with van der Waals surface area (Å²) in [6.45, 7) is 0. The zero-order valence-electron chi connectivity index (χ0n) is 26.2. The Hall–Kier alpha value is -6.17. The third-order valence-corrected chi connectivity index (χ3v) is 11.0. The van der Waals surface area contributed by atoms with Crippen molar-refractivity contribution in [3.8, 4) is 34.0 Å². The molecule has 11 rings (SSSR count). The van der Waals surface area contributed by atoms with Crippen LogP contribution in [0.4, 0.5) is 0 Å². The van der Waals surface area contributed by atoms with E-state index in [1.54, 1.807) is 0 Å². The van der Waals surface area contributed by atoms with Crippen molar-refractivity contribution in [2.24, 2.45) is 0 Å². The first-order chi connectivity index (χ1) is 24.3. The number of fused-ring (bicyclic) bond motifs is 9. The minimum absolute atomic E-state index is 0.710. The summed E-state index contributed by atoms with van der Waals surface area (Å²) in [4.78, 5) is 13.0. The van der Waals surface area contributed by atoms with Crippen LogP contribution in [-0.4, -0.2) is 19.1 Å². The standard InChI is InChI=1S/C44H26N4S/c1-2-12-28-25-29(24-23-27(28)11-1)41-32-15-3-5-18-35(32)45-43(46-41)30-13-9-14-31(26-30)47-36-19-6-4-16-33(36)40-34-17-10-22-39-42(34)48(44(40)47)37-20-7-8-21-38(37)49-39/h1-26H. The first-order valence-corrected chi connectivity index (χ1v) is 17.3. The lowest BCUT2D eigenvalue weighted by Crippen LogP contribution is -2.05. The Labute approximate surface area is 285 Å². The molecule has 4 nitrogen and oxygen atoms in total. The second kappa shape index (κ2) is 10.2. The maximum absolute atomic E-state index is 5.29. The van der Waals surface area contributed by atoms with Gasteiger partial charge in [0.25, 0.3) is 0 Å². The topological polar surface area (TPSA) is 35.6 Å². The summed E-state index contributed by atoms with van der Waals surface area (Å²) in [6.07, 6.45) is 0. The zero-order chi connectivity index (χ0) is 32.1. The second-order valence-electron chi connectivity index (χ2n) is 12.6. The molecule has 228 valence electrons. The van der Waals surface area contributed by atoms with Gasteiger partial charge in [-0.3, -0.25) is 9.13 Å². The fourth-order valence-electron chi connectivity index (χ4n) is 7.74. The highest BCUT2D eigenvalue weighted by Gasteiger charge is 2.27. The Bertz CT molecular complexity index is 2990. The Morgan fingerprint density at radius 1 is 0.490 bits per heavy atom. The van der Waals surface area contributed by atoms with Crippen LogP contribution in [0.3, 0.4) is 0 Å². The van der Waals surface area contributed by atoms with E-state index in [-0.39, 0.29) is 0 Å². The Balaban J connectivity index is 1.18. The number of para-hydroxylation sites is 4. The SMILES string of the molecule is c1cc(-c2nc(-c3ccc4ccccc4c3)c3ccccc3n2)cc(-n2c3ccccc3c3c4cccc5c4n(c32)-c2ccccc2S5)c1. The number of hydrogen-bond acceptors (Lipinski definition) is 3. The van der Waals surface area contributed by atoms with E-state index in [4.69, 9.17) is 9.97 Å². The van der Waals surface area contributed by atoms with E-state index in [1.165, 1.54) is 59.1 Å². The molecule has 0 aliphatic carbocycles. The number of hydrogen-bond donors (Lipinski definition) is 0. The molecule has 5 heteroatoms. The van der Waals surface area contributed by atoms with E-state index in [0.717, 1.165) is 33.4 Å². The largest absolute Gasteiger partial charge is 0.295 e. The Kier molecular flexibility index (Phi) is 5.57. The third-order valence-electron chi connectivity index (χ3n) is 9.87. The summed E-state index contributed by atoms with van der Waals surface area (Å²) in [6, 6.07) is 56.3. The van der Waals surface area contributed by atoms with E-state index < -0.39 is 0 Å². The molecule has 0 saturated carbocycles. The van der Waals surface area contributed by atoms with Crippen LogP contribution in [0.15, 0.2) is 168 Å². The quantitative estimate of drug-likeness (QED) is 0.192. The highest BCUT2D eigenvalue weighted by Crippen LogP contribution is 2.49. The van der Waals surface area contributed by atoms with E-state index in [1.807, 2.05) is 11.8 Å². The molecule has 0 saturated heterocycles. The first kappa shape index (κ1) is 26.9. The van der Waals surface area contributed by atoms with Gasteiger partial charge in [-0.25, -0.2) is 9.97 Å². The van der Waals surface area contributed by atoms with Crippen LogP contribution in [0, 0.1) is 0 Å². The van der Waals surface area contributed by atoms with Crippen molar-refractivity contribution in [2.45, 2.75) is 9.79 Å². The molecule has 0 fully saturated rings. The van der Waals surface area contributed by atoms with Gasteiger partial charge in [0.05, 0.1) is 27.9 Å². The molecule has 1 aliphatic rings. The van der Waals surface area contributed by atoms with Crippen molar-refractivity contribution in [2.75, 3.05) is 0 Å². The summed E-state index contributed by atoms with van der Waals surface area (Å²) in [5.74, 6) is 0.710. The van der Waals surface area contributed by atoms with E-state index in [0.29, 0.717) is 5.82 Å². The molecule has 0 amide bonds. The zero-order valence-corrected chi connectivity index (χ0v) is 27.0. The van der Waals surface area contributed by atoms with Crippen molar-refractivity contribution in [1.82, 2.24) is 19.1 Å². The first-order valence-electron chi connectivity index (χ1n) is 16.5. The molecular weight excluding hydrogens is 617 g/mol. The predicted octanol–water partition coefficient (Wildman–Crippen LogP) is 11.6. The van der Waals surface area contributed by atoms with Crippen LogP contribution in [0.5, 0.6) is 0 Å². The van der Waals surface area contributed by atoms with Crippen LogP contribution in [0.2, 0.25) is 0 Å². The van der Waals surface area contributed by atoms with Crippen LogP contribution in [0.1, 0.15) is 0 Å². The summed E-state index contributed by atoms with van der Waals surface area (Å²) in [5.41, 5.74) is 9.82. The van der Waals surface area contributed by atoms with Gasteiger partial charge in [-0.05, 0) is 59.3 Å². The van der Waals surface area contributed by atoms with Crippen molar-refractivity contribution in [1.29, 1.82) is 0 Å².